The van der Waals surface area contributed by atoms with E-state index in [-0.39, 0.29) is 17.2 Å². The van der Waals surface area contributed by atoms with Crippen LogP contribution in [0, 0.1) is 9.39 Å². The Morgan fingerprint density at radius 3 is 2.39 bits per heavy atom. The third-order valence-corrected chi connectivity index (χ3v) is 5.42. The van der Waals surface area contributed by atoms with Crippen LogP contribution in [-0.2, 0) is 4.79 Å². The van der Waals surface area contributed by atoms with Gasteiger partial charge in [0.15, 0.2) is 0 Å². The Morgan fingerprint density at radius 1 is 0.893 bits per heavy atom. The molecule has 0 bridgehead atoms. The summed E-state index contributed by atoms with van der Waals surface area (Å²) in [6, 6.07) is 20.4. The van der Waals surface area contributed by atoms with Gasteiger partial charge in [-0.1, -0.05) is 18.2 Å². The van der Waals surface area contributed by atoms with E-state index < -0.39 is 11.7 Å². The minimum Gasteiger partial charge on any atom is -0.325 e. The predicted molar refractivity (Wildman–Crippen MR) is 119 cm³/mol. The fourth-order valence-corrected chi connectivity index (χ4v) is 3.50. The smallest absolute Gasteiger partial charge is 0.258 e. The molecule has 0 aliphatic heterocycles. The Labute approximate surface area is 180 Å². The Morgan fingerprint density at radius 2 is 1.64 bits per heavy atom. The van der Waals surface area contributed by atoms with Gasteiger partial charge in [-0.3, -0.25) is 9.59 Å². The van der Waals surface area contributed by atoms with E-state index in [1.807, 2.05) is 30.3 Å². The molecular formula is C21H16FIN2O2S. The number of benzene rings is 3. The van der Waals surface area contributed by atoms with Crippen LogP contribution in [0.25, 0.3) is 0 Å². The van der Waals surface area contributed by atoms with Gasteiger partial charge in [-0.25, -0.2) is 4.39 Å². The molecule has 2 N–H and O–H groups in total. The average molecular weight is 506 g/mol. The lowest BCUT2D eigenvalue weighted by Gasteiger charge is -2.08. The van der Waals surface area contributed by atoms with Crippen LogP contribution < -0.4 is 10.6 Å². The van der Waals surface area contributed by atoms with Crippen molar-refractivity contribution in [2.24, 2.45) is 0 Å². The van der Waals surface area contributed by atoms with E-state index in [4.69, 9.17) is 0 Å². The summed E-state index contributed by atoms with van der Waals surface area (Å²) in [5, 5.41) is 5.52. The molecule has 28 heavy (non-hydrogen) atoms. The second kappa shape index (κ2) is 9.70. The first-order chi connectivity index (χ1) is 13.5. The van der Waals surface area contributed by atoms with Gasteiger partial charge in [0.25, 0.3) is 5.91 Å². The van der Waals surface area contributed by atoms with E-state index in [0.29, 0.717) is 5.69 Å². The summed E-state index contributed by atoms with van der Waals surface area (Å²) in [6.45, 7) is 0. The molecule has 3 aromatic rings. The van der Waals surface area contributed by atoms with Crippen molar-refractivity contribution in [1.29, 1.82) is 0 Å². The number of rotatable bonds is 6. The van der Waals surface area contributed by atoms with Crippen molar-refractivity contribution in [3.05, 3.63) is 87.7 Å². The molecular weight excluding hydrogens is 490 g/mol. The minimum absolute atomic E-state index is 0.0162. The number of hydrogen-bond acceptors (Lipinski definition) is 3. The van der Waals surface area contributed by atoms with Gasteiger partial charge in [0.1, 0.15) is 5.82 Å². The van der Waals surface area contributed by atoms with Crippen molar-refractivity contribution in [1.82, 2.24) is 0 Å². The van der Waals surface area contributed by atoms with Crippen LogP contribution in [0.5, 0.6) is 0 Å². The zero-order chi connectivity index (χ0) is 19.9. The summed E-state index contributed by atoms with van der Waals surface area (Å²) in [7, 11) is 0. The second-order valence-electron chi connectivity index (χ2n) is 5.81. The summed E-state index contributed by atoms with van der Waals surface area (Å²) in [5.74, 6) is -0.974. The zero-order valence-corrected chi connectivity index (χ0v) is 17.6. The number of carbonyl (C=O) groups excluding carboxylic acids is 2. The van der Waals surface area contributed by atoms with Gasteiger partial charge in [-0.2, -0.15) is 0 Å². The molecule has 0 saturated carbocycles. The van der Waals surface area contributed by atoms with Crippen LogP contribution in [0.4, 0.5) is 15.8 Å². The molecule has 0 radical (unpaired) electrons. The number of nitrogens with one attached hydrogen (secondary N) is 2. The van der Waals surface area contributed by atoms with E-state index in [9.17, 15) is 14.0 Å². The van der Waals surface area contributed by atoms with Gasteiger partial charge in [0.05, 0.1) is 11.3 Å². The van der Waals surface area contributed by atoms with E-state index in [1.165, 1.54) is 30.0 Å². The summed E-state index contributed by atoms with van der Waals surface area (Å²) in [6.07, 6.45) is 0. The van der Waals surface area contributed by atoms with Crippen molar-refractivity contribution in [2.45, 2.75) is 4.90 Å². The third kappa shape index (κ3) is 5.80. The van der Waals surface area contributed by atoms with E-state index in [1.54, 1.807) is 24.3 Å². The second-order valence-corrected chi connectivity index (χ2v) is 8.10. The van der Waals surface area contributed by atoms with Crippen molar-refractivity contribution in [2.75, 3.05) is 16.4 Å². The normalized spacial score (nSPS) is 10.4. The van der Waals surface area contributed by atoms with Crippen LogP contribution >= 0.6 is 34.4 Å². The Kier molecular flexibility index (Phi) is 7.05. The first-order valence-electron chi connectivity index (χ1n) is 8.35. The van der Waals surface area contributed by atoms with Crippen LogP contribution in [0.3, 0.4) is 0 Å². The van der Waals surface area contributed by atoms with Gasteiger partial charge in [-0.05, 0) is 77.2 Å². The number of amides is 2. The molecule has 0 aromatic heterocycles. The number of anilines is 2. The van der Waals surface area contributed by atoms with E-state index >= 15 is 0 Å². The van der Waals surface area contributed by atoms with Crippen LogP contribution in [0.2, 0.25) is 0 Å². The standard InChI is InChI=1S/C21H16FIN2O2S/c22-19-7-2-1-6-18(19)21(27)25-16-4-3-5-17(12-16)28-13-20(26)24-15-10-8-14(23)9-11-15/h1-12H,13H2,(H,24,26)(H,25,27). The molecule has 0 fully saturated rings. The largest absolute Gasteiger partial charge is 0.325 e. The number of thioether (sulfide) groups is 1. The molecule has 3 rings (SSSR count). The Bertz CT molecular complexity index is 996. The monoisotopic (exact) mass is 506 g/mol. The highest BCUT2D eigenvalue weighted by Crippen LogP contribution is 2.23. The van der Waals surface area contributed by atoms with Crippen molar-refractivity contribution in [3.63, 3.8) is 0 Å². The molecule has 0 atom stereocenters. The SMILES string of the molecule is O=C(CSc1cccc(NC(=O)c2ccccc2F)c1)Nc1ccc(I)cc1. The maximum Gasteiger partial charge on any atom is 0.258 e. The maximum absolute atomic E-state index is 13.7. The first-order valence-corrected chi connectivity index (χ1v) is 10.4. The van der Waals surface area contributed by atoms with Gasteiger partial charge in [-0.15, -0.1) is 11.8 Å². The number of halogens is 2. The maximum atomic E-state index is 13.7. The van der Waals surface area contributed by atoms with Crippen LogP contribution in [0.1, 0.15) is 10.4 Å². The molecule has 3 aromatic carbocycles. The summed E-state index contributed by atoms with van der Waals surface area (Å²) >= 11 is 3.56. The molecule has 0 heterocycles. The van der Waals surface area contributed by atoms with Gasteiger partial charge >= 0.3 is 0 Å². The lowest BCUT2D eigenvalue weighted by Crippen LogP contribution is -2.14. The van der Waals surface area contributed by atoms with E-state index in [0.717, 1.165) is 14.2 Å². The zero-order valence-electron chi connectivity index (χ0n) is 14.6. The Hall–Kier alpha value is -2.39. The molecule has 142 valence electrons. The lowest BCUT2D eigenvalue weighted by atomic mass is 10.2. The fourth-order valence-electron chi connectivity index (χ4n) is 2.39. The minimum atomic E-state index is -0.571. The molecule has 7 heteroatoms. The molecule has 0 aliphatic carbocycles. The quantitative estimate of drug-likeness (QED) is 0.347. The van der Waals surface area contributed by atoms with Crippen molar-refractivity contribution < 1.29 is 14.0 Å². The van der Waals surface area contributed by atoms with Crippen molar-refractivity contribution >= 4 is 57.5 Å². The predicted octanol–water partition coefficient (Wildman–Crippen LogP) is 5.41. The van der Waals surface area contributed by atoms with Gasteiger partial charge in [0.2, 0.25) is 5.91 Å². The topological polar surface area (TPSA) is 58.2 Å². The molecule has 2 amide bonds. The summed E-state index contributed by atoms with van der Waals surface area (Å²) in [5.41, 5.74) is 1.27. The highest BCUT2D eigenvalue weighted by atomic mass is 127. The van der Waals surface area contributed by atoms with Crippen LogP contribution in [0.15, 0.2) is 77.7 Å². The van der Waals surface area contributed by atoms with Gasteiger partial charge in [0, 0.05) is 19.8 Å². The lowest BCUT2D eigenvalue weighted by molar-refractivity contribution is -0.113. The third-order valence-electron chi connectivity index (χ3n) is 3.71. The van der Waals surface area contributed by atoms with Gasteiger partial charge < -0.3 is 10.6 Å². The molecule has 0 unspecified atom stereocenters. The highest BCUT2D eigenvalue weighted by molar-refractivity contribution is 14.1. The van der Waals surface area contributed by atoms with Crippen LogP contribution in [-0.4, -0.2) is 17.6 Å². The molecule has 0 aliphatic rings. The fraction of sp³-hybridized carbons (Fsp3) is 0.0476. The summed E-state index contributed by atoms with van der Waals surface area (Å²) in [4.78, 5) is 25.2. The number of hydrogen-bond donors (Lipinski definition) is 2. The molecule has 0 saturated heterocycles. The Balaban J connectivity index is 1.57. The molecule has 0 spiro atoms. The van der Waals surface area contributed by atoms with Crippen molar-refractivity contribution in [3.8, 4) is 0 Å². The average Bonchev–Trinajstić information content (AvgIpc) is 2.69. The highest BCUT2D eigenvalue weighted by Gasteiger charge is 2.11. The molecule has 4 nitrogen and oxygen atoms in total. The summed E-state index contributed by atoms with van der Waals surface area (Å²) < 4.78 is 14.8. The van der Waals surface area contributed by atoms with E-state index in [2.05, 4.69) is 33.2 Å². The number of carbonyl (C=O) groups is 2. The first kappa shape index (κ1) is 20.3.